The molecule has 1 heterocycles. The summed E-state index contributed by atoms with van der Waals surface area (Å²) in [7, 11) is 0. The van der Waals surface area contributed by atoms with Crippen LogP contribution in [0.3, 0.4) is 0 Å². The van der Waals surface area contributed by atoms with E-state index in [-0.39, 0.29) is 12.0 Å². The Bertz CT molecular complexity index is 565. The lowest BCUT2D eigenvalue weighted by Gasteiger charge is -2.21. The van der Waals surface area contributed by atoms with Crippen LogP contribution < -0.4 is 5.73 Å². The number of amides is 1. The largest absolute Gasteiger partial charge is 0.367 e. The van der Waals surface area contributed by atoms with Crippen molar-refractivity contribution in [2.75, 3.05) is 0 Å². The minimum absolute atomic E-state index is 0.108. The Morgan fingerprint density at radius 3 is 2.38 bits per heavy atom. The van der Waals surface area contributed by atoms with Gasteiger partial charge < -0.3 is 10.5 Å². The van der Waals surface area contributed by atoms with E-state index in [1.54, 1.807) is 0 Å². The molecule has 0 aromatic heterocycles. The molecule has 3 heteroatoms. The Balaban J connectivity index is 1.27. The minimum Gasteiger partial charge on any atom is -0.367 e. The molecule has 1 saturated heterocycles. The quantitative estimate of drug-likeness (QED) is 0.422. The van der Waals surface area contributed by atoms with E-state index in [1.165, 1.54) is 82.6 Å². The molecule has 1 aromatic rings. The summed E-state index contributed by atoms with van der Waals surface area (Å²) in [5.41, 5.74) is 7.81. The first-order valence-corrected chi connectivity index (χ1v) is 10.8. The molecule has 26 heavy (non-hydrogen) atoms. The number of primary amides is 1. The van der Waals surface area contributed by atoms with Gasteiger partial charge >= 0.3 is 0 Å². The molecule has 2 atom stereocenters. The maximum absolute atomic E-state index is 11.2. The zero-order valence-electron chi connectivity index (χ0n) is 16.1. The van der Waals surface area contributed by atoms with E-state index in [2.05, 4.69) is 18.2 Å². The van der Waals surface area contributed by atoms with Gasteiger partial charge in [0, 0.05) is 0 Å². The summed E-state index contributed by atoms with van der Waals surface area (Å²) in [5, 5.41) is 0. The molecule has 0 spiro atoms. The van der Waals surface area contributed by atoms with Crippen molar-refractivity contribution >= 4 is 5.91 Å². The zero-order valence-corrected chi connectivity index (χ0v) is 16.1. The predicted molar refractivity (Wildman–Crippen MR) is 106 cm³/mol. The van der Waals surface area contributed by atoms with Gasteiger partial charge in [-0.2, -0.15) is 0 Å². The molecule has 0 bridgehead atoms. The van der Waals surface area contributed by atoms with Crippen molar-refractivity contribution in [1.82, 2.24) is 0 Å². The molecule has 2 N–H and O–H groups in total. The number of ether oxygens (including phenoxy) is 1. The van der Waals surface area contributed by atoms with E-state index in [1.807, 2.05) is 6.07 Å². The molecule has 0 unspecified atom stereocenters. The third-order valence-electron chi connectivity index (χ3n) is 6.17. The first-order valence-electron chi connectivity index (χ1n) is 10.8. The van der Waals surface area contributed by atoms with Gasteiger partial charge in [-0.25, -0.2) is 0 Å². The molecule has 1 saturated carbocycles. The number of nitrogens with two attached hydrogens (primary N) is 1. The fraction of sp³-hybridized carbons (Fsp3) is 0.696. The Morgan fingerprint density at radius 2 is 1.65 bits per heavy atom. The van der Waals surface area contributed by atoms with Crippen molar-refractivity contribution in [1.29, 1.82) is 0 Å². The number of aryl methyl sites for hydroxylation is 1. The molecule has 1 amide bonds. The van der Waals surface area contributed by atoms with Crippen molar-refractivity contribution in [3.63, 3.8) is 0 Å². The van der Waals surface area contributed by atoms with Gasteiger partial charge in [-0.1, -0.05) is 94.9 Å². The van der Waals surface area contributed by atoms with Crippen molar-refractivity contribution in [2.45, 2.75) is 95.7 Å². The molecule has 2 aliphatic rings. The topological polar surface area (TPSA) is 55.6 Å². The monoisotopic (exact) mass is 357 g/mol. The molecule has 3 rings (SSSR count). The van der Waals surface area contributed by atoms with Gasteiger partial charge in [-0.15, -0.1) is 0 Å². The van der Waals surface area contributed by atoms with Gasteiger partial charge in [0.1, 0.15) is 6.10 Å². The molecule has 144 valence electrons. The number of benzene rings is 1. The van der Waals surface area contributed by atoms with Gasteiger partial charge in [0.05, 0.1) is 0 Å². The average molecular weight is 358 g/mol. The fourth-order valence-corrected chi connectivity index (χ4v) is 4.54. The maximum atomic E-state index is 11.2. The van der Waals surface area contributed by atoms with E-state index in [0.29, 0.717) is 0 Å². The summed E-state index contributed by atoms with van der Waals surface area (Å²) < 4.78 is 5.45. The zero-order chi connectivity index (χ0) is 18.2. The second kappa shape index (κ2) is 10.1. The van der Waals surface area contributed by atoms with E-state index in [9.17, 15) is 4.79 Å². The fourth-order valence-electron chi connectivity index (χ4n) is 4.54. The summed E-state index contributed by atoms with van der Waals surface area (Å²) in [6.45, 7) is 0. The predicted octanol–water partition coefficient (Wildman–Crippen LogP) is 5.47. The van der Waals surface area contributed by atoms with Crippen molar-refractivity contribution < 1.29 is 9.53 Å². The highest BCUT2D eigenvalue weighted by Gasteiger charge is 2.45. The van der Waals surface area contributed by atoms with Crippen LogP contribution in [0.2, 0.25) is 0 Å². The first kappa shape index (κ1) is 19.4. The number of unbranched alkanes of at least 4 members (excludes halogenated alkanes) is 5. The Morgan fingerprint density at radius 1 is 0.962 bits per heavy atom. The SMILES string of the molecule is NC(=O)[C@@H]1O[C@H]1c1ccccc1CCCCCCCCC1CCCCC1. The van der Waals surface area contributed by atoms with Crippen LogP contribution in [0.4, 0.5) is 0 Å². The normalized spacial score (nSPS) is 23.1. The van der Waals surface area contributed by atoms with Crippen LogP contribution in [0.25, 0.3) is 0 Å². The minimum atomic E-state index is -0.416. The molecular formula is C23H35NO2. The molecule has 1 aromatic carbocycles. The van der Waals surface area contributed by atoms with Gasteiger partial charge in [0.15, 0.2) is 6.10 Å². The average Bonchev–Trinajstić information content (AvgIpc) is 3.46. The smallest absolute Gasteiger partial charge is 0.249 e. The second-order valence-electron chi connectivity index (χ2n) is 8.24. The van der Waals surface area contributed by atoms with Crippen LogP contribution in [-0.4, -0.2) is 12.0 Å². The van der Waals surface area contributed by atoms with E-state index >= 15 is 0 Å². The van der Waals surface area contributed by atoms with Crippen LogP contribution in [0.5, 0.6) is 0 Å². The van der Waals surface area contributed by atoms with Gasteiger partial charge in [-0.05, 0) is 29.9 Å². The molecule has 2 fully saturated rings. The Kier molecular flexibility index (Phi) is 7.55. The number of epoxide rings is 1. The Hall–Kier alpha value is -1.35. The van der Waals surface area contributed by atoms with Crippen LogP contribution in [0.1, 0.15) is 94.3 Å². The summed E-state index contributed by atoms with van der Waals surface area (Å²) in [6, 6.07) is 8.34. The van der Waals surface area contributed by atoms with Crippen molar-refractivity contribution in [3.8, 4) is 0 Å². The van der Waals surface area contributed by atoms with Gasteiger partial charge in [0.2, 0.25) is 5.91 Å². The molecule has 3 nitrogen and oxygen atoms in total. The summed E-state index contributed by atoms with van der Waals surface area (Å²) in [6.07, 6.45) is 17.5. The standard InChI is InChI=1S/C23H35NO2/c24-23(25)22-21(26-22)20-17-11-10-16-19(20)15-9-4-2-1-3-6-12-18-13-7-5-8-14-18/h10-11,16-18,21-22H,1-9,12-15H2,(H2,24,25)/t21-,22+/m0/s1. The van der Waals surface area contributed by atoms with Crippen LogP contribution in [-0.2, 0) is 16.0 Å². The third-order valence-corrected chi connectivity index (χ3v) is 6.17. The van der Waals surface area contributed by atoms with Crippen LogP contribution in [0.15, 0.2) is 24.3 Å². The number of carbonyl (C=O) groups is 1. The lowest BCUT2D eigenvalue weighted by molar-refractivity contribution is -0.119. The van der Waals surface area contributed by atoms with E-state index in [0.717, 1.165) is 17.9 Å². The number of hydrogen-bond donors (Lipinski definition) is 1. The molecule has 1 aliphatic heterocycles. The lowest BCUT2D eigenvalue weighted by atomic mass is 9.85. The molecule has 0 radical (unpaired) electrons. The summed E-state index contributed by atoms with van der Waals surface area (Å²) >= 11 is 0. The van der Waals surface area contributed by atoms with Crippen molar-refractivity contribution in [3.05, 3.63) is 35.4 Å². The first-order chi connectivity index (χ1) is 12.8. The number of rotatable bonds is 11. The Labute approximate surface area is 158 Å². The van der Waals surface area contributed by atoms with E-state index < -0.39 is 6.10 Å². The highest BCUT2D eigenvalue weighted by molar-refractivity contribution is 5.82. The second-order valence-corrected chi connectivity index (χ2v) is 8.24. The molecule has 1 aliphatic carbocycles. The number of hydrogen-bond acceptors (Lipinski definition) is 2. The molecular weight excluding hydrogens is 322 g/mol. The van der Waals surface area contributed by atoms with Gasteiger partial charge in [-0.3, -0.25) is 4.79 Å². The lowest BCUT2D eigenvalue weighted by Crippen LogP contribution is -2.18. The maximum Gasteiger partial charge on any atom is 0.249 e. The van der Waals surface area contributed by atoms with E-state index in [4.69, 9.17) is 10.5 Å². The van der Waals surface area contributed by atoms with Gasteiger partial charge in [0.25, 0.3) is 0 Å². The van der Waals surface area contributed by atoms with Crippen molar-refractivity contribution in [2.24, 2.45) is 11.7 Å². The number of carbonyl (C=O) groups excluding carboxylic acids is 1. The highest BCUT2D eigenvalue weighted by Crippen LogP contribution is 2.40. The third kappa shape index (κ3) is 5.84. The summed E-state index contributed by atoms with van der Waals surface area (Å²) in [5.74, 6) is 0.687. The summed E-state index contributed by atoms with van der Waals surface area (Å²) in [4.78, 5) is 11.2. The van der Waals surface area contributed by atoms with Crippen LogP contribution in [0, 0.1) is 5.92 Å². The highest BCUT2D eigenvalue weighted by atomic mass is 16.6. The van der Waals surface area contributed by atoms with Crippen LogP contribution >= 0.6 is 0 Å².